The lowest BCUT2D eigenvalue weighted by Crippen LogP contribution is -1.99. The lowest BCUT2D eigenvalue weighted by atomic mass is 9.98. The minimum absolute atomic E-state index is 0.822. The van der Waals surface area contributed by atoms with E-state index in [0.717, 1.165) is 45.2 Å². The molecule has 2 aromatic carbocycles. The average Bonchev–Trinajstić information content (AvgIpc) is 3.03. The molecule has 3 rings (SSSR count). The van der Waals surface area contributed by atoms with Gasteiger partial charge in [0.1, 0.15) is 17.3 Å². The molecule has 6 heteroatoms. The summed E-state index contributed by atoms with van der Waals surface area (Å²) < 4.78 is 10.9. The number of hydrogen-bond acceptors (Lipinski definition) is 5. The molecule has 0 fully saturated rings. The van der Waals surface area contributed by atoms with Crippen molar-refractivity contribution in [3.8, 4) is 22.9 Å². The molecule has 0 spiro atoms. The number of H-pyrrole nitrogens is 1. The topological polar surface area (TPSA) is 47.1 Å². The molecule has 0 amide bonds. The van der Waals surface area contributed by atoms with Gasteiger partial charge in [-0.05, 0) is 55.0 Å². The average molecular weight is 375 g/mol. The van der Waals surface area contributed by atoms with E-state index in [9.17, 15) is 0 Å². The predicted octanol–water partition coefficient (Wildman–Crippen LogP) is 5.38. The Labute approximate surface area is 156 Å². The highest BCUT2D eigenvalue weighted by Gasteiger charge is 2.17. The molecular formula is C19H22N2O2S2. The largest absolute Gasteiger partial charge is 0.497 e. The first-order chi connectivity index (χ1) is 12.1. The number of aryl methyl sites for hydroxylation is 1. The minimum atomic E-state index is 0.822. The van der Waals surface area contributed by atoms with Crippen LogP contribution >= 0.6 is 21.6 Å². The van der Waals surface area contributed by atoms with Crippen molar-refractivity contribution < 1.29 is 9.47 Å². The zero-order chi connectivity index (χ0) is 18.0. The van der Waals surface area contributed by atoms with Crippen LogP contribution in [0.25, 0.3) is 22.4 Å². The Bertz CT molecular complexity index is 906. The molecule has 3 aromatic rings. The van der Waals surface area contributed by atoms with Gasteiger partial charge in [-0.3, -0.25) is 0 Å². The highest BCUT2D eigenvalue weighted by molar-refractivity contribution is 8.76. The molecule has 0 atom stereocenters. The maximum absolute atomic E-state index is 5.61. The fourth-order valence-corrected chi connectivity index (χ4v) is 4.39. The first kappa shape index (κ1) is 18.0. The SMILES string of the molecule is COc1ccc2nc(-c3cc(C)c(OC)c(C)c3CSSC)[nH]c2c1. The zero-order valence-electron chi connectivity index (χ0n) is 15.1. The first-order valence-corrected chi connectivity index (χ1v) is 10.7. The fraction of sp³-hybridized carbons (Fsp3) is 0.316. The lowest BCUT2D eigenvalue weighted by molar-refractivity contribution is 0.408. The van der Waals surface area contributed by atoms with Gasteiger partial charge >= 0.3 is 0 Å². The van der Waals surface area contributed by atoms with Gasteiger partial charge < -0.3 is 14.5 Å². The molecule has 4 nitrogen and oxygen atoms in total. The number of benzene rings is 2. The number of aromatic nitrogens is 2. The van der Waals surface area contributed by atoms with Crippen LogP contribution in [0.3, 0.4) is 0 Å². The van der Waals surface area contributed by atoms with Crippen LogP contribution in [0.5, 0.6) is 11.5 Å². The molecule has 0 saturated carbocycles. The summed E-state index contributed by atoms with van der Waals surface area (Å²) in [4.78, 5) is 8.24. The predicted molar refractivity (Wildman–Crippen MR) is 109 cm³/mol. The highest BCUT2D eigenvalue weighted by atomic mass is 33.1. The molecule has 1 heterocycles. The standard InChI is InChI=1S/C19H22N2O2S2/c1-11-8-14(15(10-25-24-5)12(2)18(11)23-4)19-20-16-7-6-13(22-3)9-17(16)21-19/h6-9H,10H2,1-5H3,(H,20,21). The van der Waals surface area contributed by atoms with Crippen molar-refractivity contribution in [3.63, 3.8) is 0 Å². The third kappa shape index (κ3) is 3.46. The van der Waals surface area contributed by atoms with Gasteiger partial charge in [-0.15, -0.1) is 0 Å². The summed E-state index contributed by atoms with van der Waals surface area (Å²) in [6.07, 6.45) is 2.10. The zero-order valence-corrected chi connectivity index (χ0v) is 16.7. The van der Waals surface area contributed by atoms with Crippen molar-refractivity contribution in [2.75, 3.05) is 20.5 Å². The third-order valence-electron chi connectivity index (χ3n) is 4.31. The molecule has 132 valence electrons. The van der Waals surface area contributed by atoms with Crippen molar-refractivity contribution in [2.24, 2.45) is 0 Å². The highest BCUT2D eigenvalue weighted by Crippen LogP contribution is 2.38. The molecule has 0 aliphatic heterocycles. The van der Waals surface area contributed by atoms with Crippen LogP contribution in [0.2, 0.25) is 0 Å². The third-order valence-corrected chi connectivity index (χ3v) is 6.01. The Morgan fingerprint density at radius 2 is 1.92 bits per heavy atom. The minimum Gasteiger partial charge on any atom is -0.497 e. The number of ether oxygens (including phenoxy) is 2. The van der Waals surface area contributed by atoms with Crippen molar-refractivity contribution >= 4 is 32.6 Å². The quantitative estimate of drug-likeness (QED) is 0.587. The summed E-state index contributed by atoms with van der Waals surface area (Å²) in [5.74, 6) is 3.56. The Hall–Kier alpha value is -1.79. The number of methoxy groups -OCH3 is 2. The summed E-state index contributed by atoms with van der Waals surface area (Å²) in [5.41, 5.74) is 6.60. The molecule has 1 N–H and O–H groups in total. The van der Waals surface area contributed by atoms with Crippen LogP contribution in [0.1, 0.15) is 16.7 Å². The Morgan fingerprint density at radius 3 is 2.60 bits per heavy atom. The van der Waals surface area contributed by atoms with E-state index in [0.29, 0.717) is 0 Å². The van der Waals surface area contributed by atoms with Gasteiger partial charge in [0.25, 0.3) is 0 Å². The van der Waals surface area contributed by atoms with Gasteiger partial charge in [-0.25, -0.2) is 4.98 Å². The number of rotatable bonds is 6. The normalized spacial score (nSPS) is 11.1. The van der Waals surface area contributed by atoms with Crippen molar-refractivity contribution in [1.29, 1.82) is 0 Å². The van der Waals surface area contributed by atoms with Crippen LogP contribution in [-0.4, -0.2) is 30.4 Å². The van der Waals surface area contributed by atoms with E-state index in [4.69, 9.17) is 14.5 Å². The van der Waals surface area contributed by atoms with Gasteiger partial charge in [0.15, 0.2) is 0 Å². The van der Waals surface area contributed by atoms with E-state index < -0.39 is 0 Å². The summed E-state index contributed by atoms with van der Waals surface area (Å²) >= 11 is 0. The van der Waals surface area contributed by atoms with Crippen molar-refractivity contribution in [2.45, 2.75) is 19.6 Å². The van der Waals surface area contributed by atoms with Gasteiger partial charge in [0, 0.05) is 17.4 Å². The molecule has 0 unspecified atom stereocenters. The molecule has 0 saturated heterocycles. The molecular weight excluding hydrogens is 352 g/mol. The Kier molecular flexibility index (Phi) is 5.49. The molecule has 0 bridgehead atoms. The molecule has 0 radical (unpaired) electrons. The number of imidazole rings is 1. The number of aromatic amines is 1. The van der Waals surface area contributed by atoms with E-state index in [2.05, 4.69) is 31.2 Å². The van der Waals surface area contributed by atoms with Gasteiger partial charge in [0.2, 0.25) is 0 Å². The van der Waals surface area contributed by atoms with Crippen LogP contribution in [0.15, 0.2) is 24.3 Å². The maximum atomic E-state index is 5.61. The maximum Gasteiger partial charge on any atom is 0.138 e. The van der Waals surface area contributed by atoms with Gasteiger partial charge in [0.05, 0.1) is 25.3 Å². The molecule has 1 aromatic heterocycles. The molecule has 0 aliphatic rings. The van der Waals surface area contributed by atoms with Gasteiger partial charge in [-0.1, -0.05) is 21.6 Å². The number of nitrogens with one attached hydrogen (secondary N) is 1. The van der Waals surface area contributed by atoms with Crippen LogP contribution < -0.4 is 9.47 Å². The summed E-state index contributed by atoms with van der Waals surface area (Å²) in [6, 6.07) is 8.05. The van der Waals surface area contributed by atoms with Gasteiger partial charge in [-0.2, -0.15) is 0 Å². The Morgan fingerprint density at radius 1 is 1.12 bits per heavy atom. The van der Waals surface area contributed by atoms with E-state index >= 15 is 0 Å². The van der Waals surface area contributed by atoms with Crippen molar-refractivity contribution in [3.05, 3.63) is 41.0 Å². The van der Waals surface area contributed by atoms with Crippen molar-refractivity contribution in [1.82, 2.24) is 9.97 Å². The molecule has 25 heavy (non-hydrogen) atoms. The summed E-state index contributed by atoms with van der Waals surface area (Å²) in [7, 11) is 6.99. The molecule has 0 aliphatic carbocycles. The van der Waals surface area contributed by atoms with E-state index in [1.165, 1.54) is 11.1 Å². The summed E-state index contributed by atoms with van der Waals surface area (Å²) in [5, 5.41) is 0. The second-order valence-corrected chi connectivity index (χ2v) is 8.34. The van der Waals surface area contributed by atoms with E-state index in [-0.39, 0.29) is 0 Å². The van der Waals surface area contributed by atoms with E-state index in [1.807, 2.05) is 29.0 Å². The van der Waals surface area contributed by atoms with E-state index in [1.54, 1.807) is 25.0 Å². The fourth-order valence-electron chi connectivity index (χ4n) is 3.08. The first-order valence-electron chi connectivity index (χ1n) is 7.95. The van der Waals surface area contributed by atoms with Crippen LogP contribution in [0.4, 0.5) is 0 Å². The summed E-state index contributed by atoms with van der Waals surface area (Å²) in [6.45, 7) is 4.20. The Balaban J connectivity index is 2.17. The lowest BCUT2D eigenvalue weighted by Gasteiger charge is -2.16. The monoisotopic (exact) mass is 374 g/mol. The smallest absolute Gasteiger partial charge is 0.138 e. The number of hydrogen-bond donors (Lipinski definition) is 1. The second kappa shape index (κ2) is 7.62. The van der Waals surface area contributed by atoms with Crippen LogP contribution in [-0.2, 0) is 5.75 Å². The number of fused-ring (bicyclic) bond motifs is 1. The van der Waals surface area contributed by atoms with Crippen LogP contribution in [0, 0.1) is 13.8 Å². The number of nitrogens with zero attached hydrogens (tertiary/aromatic N) is 1. The second-order valence-electron chi connectivity index (χ2n) is 5.78.